The van der Waals surface area contributed by atoms with Gasteiger partial charge in [0.2, 0.25) is 0 Å². The molecular weight excluding hydrogens is 156 g/mol. The fourth-order valence-electron chi connectivity index (χ4n) is 1.78. The van der Waals surface area contributed by atoms with Gasteiger partial charge >= 0.3 is 0 Å². The van der Waals surface area contributed by atoms with Gasteiger partial charge in [0.25, 0.3) is 0 Å². The quantitative estimate of drug-likeness (QED) is 0.630. The SMILES string of the molecule is CC1CC1C(=O)C1CCSC1. The molecule has 1 aliphatic carbocycles. The number of carbonyl (C=O) groups is 1. The maximum atomic E-state index is 11.6. The minimum absolute atomic E-state index is 0.426. The van der Waals surface area contributed by atoms with Crippen molar-refractivity contribution in [1.29, 1.82) is 0 Å². The van der Waals surface area contributed by atoms with E-state index in [1.165, 1.54) is 12.2 Å². The molecule has 2 aliphatic rings. The molecule has 0 bridgehead atoms. The lowest BCUT2D eigenvalue weighted by molar-refractivity contribution is -0.123. The van der Waals surface area contributed by atoms with Crippen LogP contribution in [-0.4, -0.2) is 17.3 Å². The zero-order valence-electron chi connectivity index (χ0n) is 6.88. The molecule has 2 fully saturated rings. The lowest BCUT2D eigenvalue weighted by atomic mass is 9.99. The van der Waals surface area contributed by atoms with E-state index in [0.717, 1.165) is 12.2 Å². The van der Waals surface area contributed by atoms with Gasteiger partial charge in [-0.3, -0.25) is 4.79 Å². The number of rotatable bonds is 2. The van der Waals surface area contributed by atoms with Crippen LogP contribution in [0.15, 0.2) is 0 Å². The summed E-state index contributed by atoms with van der Waals surface area (Å²) >= 11 is 1.94. The number of Topliss-reactive ketones (excluding diaryl/α,β-unsaturated/α-hetero) is 1. The van der Waals surface area contributed by atoms with Gasteiger partial charge in [0, 0.05) is 17.6 Å². The van der Waals surface area contributed by atoms with E-state index in [1.807, 2.05) is 11.8 Å². The summed E-state index contributed by atoms with van der Waals surface area (Å²) in [7, 11) is 0. The van der Waals surface area contributed by atoms with Crippen LogP contribution in [-0.2, 0) is 4.79 Å². The van der Waals surface area contributed by atoms with Gasteiger partial charge in [-0.2, -0.15) is 11.8 Å². The van der Waals surface area contributed by atoms with Crippen molar-refractivity contribution < 1.29 is 4.79 Å². The molecule has 2 rings (SSSR count). The second-order valence-electron chi connectivity index (χ2n) is 3.78. The predicted octanol–water partition coefficient (Wildman–Crippen LogP) is 1.96. The van der Waals surface area contributed by atoms with Crippen LogP contribution < -0.4 is 0 Å². The molecule has 1 saturated heterocycles. The van der Waals surface area contributed by atoms with E-state index in [1.54, 1.807) is 0 Å². The summed E-state index contributed by atoms with van der Waals surface area (Å²) in [5, 5.41) is 0. The average molecular weight is 170 g/mol. The number of hydrogen-bond acceptors (Lipinski definition) is 2. The Balaban J connectivity index is 1.89. The van der Waals surface area contributed by atoms with Crippen LogP contribution in [0.3, 0.4) is 0 Å². The molecule has 0 amide bonds. The first kappa shape index (κ1) is 7.66. The maximum absolute atomic E-state index is 11.6. The van der Waals surface area contributed by atoms with Gasteiger partial charge in [-0.15, -0.1) is 0 Å². The smallest absolute Gasteiger partial charge is 0.140 e. The second kappa shape index (κ2) is 2.81. The highest BCUT2D eigenvalue weighted by Crippen LogP contribution is 2.42. The largest absolute Gasteiger partial charge is 0.299 e. The third kappa shape index (κ3) is 1.46. The van der Waals surface area contributed by atoms with Crippen molar-refractivity contribution in [2.45, 2.75) is 19.8 Å². The highest BCUT2D eigenvalue weighted by atomic mass is 32.2. The molecule has 11 heavy (non-hydrogen) atoms. The first-order chi connectivity index (χ1) is 5.29. The second-order valence-corrected chi connectivity index (χ2v) is 4.93. The fourth-order valence-corrected chi connectivity index (χ4v) is 3.01. The molecule has 2 heteroatoms. The van der Waals surface area contributed by atoms with Crippen molar-refractivity contribution in [3.05, 3.63) is 0 Å². The third-order valence-electron chi connectivity index (χ3n) is 2.81. The average Bonchev–Trinajstić information content (AvgIpc) is 2.56. The third-order valence-corrected chi connectivity index (χ3v) is 3.97. The molecule has 3 unspecified atom stereocenters. The fraction of sp³-hybridized carbons (Fsp3) is 0.889. The monoisotopic (exact) mass is 170 g/mol. The van der Waals surface area contributed by atoms with E-state index in [0.29, 0.717) is 23.5 Å². The van der Waals surface area contributed by atoms with Gasteiger partial charge in [0.05, 0.1) is 0 Å². The summed E-state index contributed by atoms with van der Waals surface area (Å²) < 4.78 is 0. The minimum atomic E-state index is 0.426. The van der Waals surface area contributed by atoms with E-state index in [9.17, 15) is 4.79 Å². The van der Waals surface area contributed by atoms with Crippen LogP contribution >= 0.6 is 11.8 Å². The zero-order valence-corrected chi connectivity index (χ0v) is 7.69. The summed E-state index contributed by atoms with van der Waals surface area (Å²) in [6.07, 6.45) is 2.31. The topological polar surface area (TPSA) is 17.1 Å². The van der Waals surface area contributed by atoms with E-state index in [4.69, 9.17) is 0 Å². The summed E-state index contributed by atoms with van der Waals surface area (Å²) in [6.45, 7) is 2.19. The molecule has 0 aromatic heterocycles. The Bertz CT molecular complexity index is 172. The van der Waals surface area contributed by atoms with Crippen molar-refractivity contribution in [1.82, 2.24) is 0 Å². The molecule has 62 valence electrons. The van der Waals surface area contributed by atoms with E-state index < -0.39 is 0 Å². The number of carbonyl (C=O) groups excluding carboxylic acids is 1. The standard InChI is InChI=1S/C9H14OS/c1-6-4-8(6)9(10)7-2-3-11-5-7/h6-8H,2-5H2,1H3. The lowest BCUT2D eigenvalue weighted by Crippen LogP contribution is -2.15. The Hall–Kier alpha value is 0.0200. The molecule has 1 heterocycles. The normalized spacial score (nSPS) is 42.5. The van der Waals surface area contributed by atoms with Crippen LogP contribution in [0.1, 0.15) is 19.8 Å². The van der Waals surface area contributed by atoms with Crippen molar-refractivity contribution in [2.75, 3.05) is 11.5 Å². The number of ketones is 1. The zero-order chi connectivity index (χ0) is 7.84. The maximum Gasteiger partial charge on any atom is 0.140 e. The minimum Gasteiger partial charge on any atom is -0.299 e. The van der Waals surface area contributed by atoms with E-state index in [-0.39, 0.29) is 0 Å². The molecule has 0 aromatic rings. The van der Waals surface area contributed by atoms with Gasteiger partial charge in [-0.05, 0) is 24.5 Å². The van der Waals surface area contributed by atoms with Gasteiger partial charge in [0.15, 0.2) is 0 Å². The first-order valence-electron chi connectivity index (χ1n) is 4.40. The molecule has 0 radical (unpaired) electrons. The molecular formula is C9H14OS. The van der Waals surface area contributed by atoms with E-state index >= 15 is 0 Å². The van der Waals surface area contributed by atoms with Crippen molar-refractivity contribution in [2.24, 2.45) is 17.8 Å². The van der Waals surface area contributed by atoms with Crippen molar-refractivity contribution >= 4 is 17.5 Å². The Morgan fingerprint density at radius 1 is 1.55 bits per heavy atom. The van der Waals surface area contributed by atoms with Crippen LogP contribution in [0.2, 0.25) is 0 Å². The Morgan fingerprint density at radius 3 is 2.73 bits per heavy atom. The molecule has 1 aliphatic heterocycles. The van der Waals surface area contributed by atoms with Crippen LogP contribution in [0, 0.1) is 17.8 Å². The highest BCUT2D eigenvalue weighted by Gasteiger charge is 2.42. The van der Waals surface area contributed by atoms with E-state index in [2.05, 4.69) is 6.92 Å². The molecule has 1 nitrogen and oxygen atoms in total. The van der Waals surface area contributed by atoms with Gasteiger partial charge in [0.1, 0.15) is 5.78 Å². The number of hydrogen-bond donors (Lipinski definition) is 0. The lowest BCUT2D eigenvalue weighted by Gasteiger charge is -2.04. The Morgan fingerprint density at radius 2 is 2.27 bits per heavy atom. The molecule has 0 N–H and O–H groups in total. The van der Waals surface area contributed by atoms with Crippen LogP contribution in [0.5, 0.6) is 0 Å². The molecule has 1 saturated carbocycles. The van der Waals surface area contributed by atoms with Crippen LogP contribution in [0.25, 0.3) is 0 Å². The first-order valence-corrected chi connectivity index (χ1v) is 5.56. The van der Waals surface area contributed by atoms with Crippen molar-refractivity contribution in [3.63, 3.8) is 0 Å². The molecule has 0 aromatic carbocycles. The molecule has 3 atom stereocenters. The van der Waals surface area contributed by atoms with Gasteiger partial charge in [-0.1, -0.05) is 6.92 Å². The summed E-state index contributed by atoms with van der Waals surface area (Å²) in [5.74, 6) is 4.46. The summed E-state index contributed by atoms with van der Waals surface area (Å²) in [4.78, 5) is 11.6. The Kier molecular flexibility index (Phi) is 1.96. The van der Waals surface area contributed by atoms with Gasteiger partial charge < -0.3 is 0 Å². The predicted molar refractivity (Wildman–Crippen MR) is 47.7 cm³/mol. The Labute approximate surface area is 71.9 Å². The van der Waals surface area contributed by atoms with Crippen molar-refractivity contribution in [3.8, 4) is 0 Å². The molecule has 0 spiro atoms. The summed E-state index contributed by atoms with van der Waals surface area (Å²) in [5.41, 5.74) is 0. The number of thioether (sulfide) groups is 1. The van der Waals surface area contributed by atoms with Gasteiger partial charge in [-0.25, -0.2) is 0 Å². The summed E-state index contributed by atoms with van der Waals surface area (Å²) in [6, 6.07) is 0. The highest BCUT2D eigenvalue weighted by molar-refractivity contribution is 7.99. The van der Waals surface area contributed by atoms with Crippen LogP contribution in [0.4, 0.5) is 0 Å².